The summed E-state index contributed by atoms with van der Waals surface area (Å²) in [5.74, 6) is -2.32. The van der Waals surface area contributed by atoms with Crippen molar-refractivity contribution in [2.75, 3.05) is 24.5 Å². The first-order valence-electron chi connectivity index (χ1n) is 10.4. The molecule has 1 aliphatic heterocycles. The van der Waals surface area contributed by atoms with Gasteiger partial charge in [-0.1, -0.05) is 6.07 Å². The molecule has 3 heterocycles. The van der Waals surface area contributed by atoms with Gasteiger partial charge in [-0.25, -0.2) is 13.6 Å². The van der Waals surface area contributed by atoms with Crippen molar-refractivity contribution in [3.8, 4) is 5.75 Å². The van der Waals surface area contributed by atoms with Crippen LogP contribution in [0.15, 0.2) is 34.6 Å². The molecule has 1 N–H and O–H groups in total. The van der Waals surface area contributed by atoms with Crippen LogP contribution < -0.4 is 15.1 Å². The Labute approximate surface area is 190 Å². The number of pyridine rings is 1. The minimum atomic E-state index is -1.68. The lowest BCUT2D eigenvalue weighted by Gasteiger charge is -2.40. The van der Waals surface area contributed by atoms with Gasteiger partial charge in [-0.2, -0.15) is 0 Å². The van der Waals surface area contributed by atoms with E-state index in [0.717, 1.165) is 30.2 Å². The number of carbonyl (C=O) groups excluding carboxylic acids is 1. The van der Waals surface area contributed by atoms with E-state index < -0.39 is 29.0 Å². The Morgan fingerprint density at radius 1 is 1.27 bits per heavy atom. The fourth-order valence-electron chi connectivity index (χ4n) is 4.36. The van der Waals surface area contributed by atoms with E-state index >= 15 is 8.78 Å². The molecular formula is C22H19F2N3O5S. The number of piperazine rings is 1. The lowest BCUT2D eigenvalue weighted by atomic mass is 10.1. The van der Waals surface area contributed by atoms with Crippen molar-refractivity contribution in [3.05, 3.63) is 56.5 Å². The van der Waals surface area contributed by atoms with Crippen LogP contribution in [0.4, 0.5) is 19.3 Å². The molecule has 0 bridgehead atoms. The molecule has 1 aromatic carbocycles. The summed E-state index contributed by atoms with van der Waals surface area (Å²) in [4.78, 5) is 39.3. The van der Waals surface area contributed by atoms with Crippen molar-refractivity contribution in [2.24, 2.45) is 0 Å². The van der Waals surface area contributed by atoms with Crippen molar-refractivity contribution in [2.45, 2.75) is 24.9 Å². The minimum absolute atomic E-state index is 0.0814. The van der Waals surface area contributed by atoms with E-state index in [1.165, 1.54) is 22.1 Å². The average Bonchev–Trinajstić information content (AvgIpc) is 3.48. The number of benzene rings is 1. The zero-order valence-corrected chi connectivity index (χ0v) is 18.1. The Morgan fingerprint density at radius 2 is 2.06 bits per heavy atom. The van der Waals surface area contributed by atoms with Gasteiger partial charge < -0.3 is 24.2 Å². The Bertz CT molecular complexity index is 1310. The Kier molecular flexibility index (Phi) is 5.28. The van der Waals surface area contributed by atoms with Crippen LogP contribution in [0.3, 0.4) is 0 Å². The molecule has 8 nitrogen and oxygen atoms in total. The maximum atomic E-state index is 15.9. The van der Waals surface area contributed by atoms with Crippen LogP contribution in [-0.2, 0) is 4.79 Å². The molecule has 1 aliphatic carbocycles. The van der Waals surface area contributed by atoms with E-state index in [4.69, 9.17) is 5.11 Å². The molecule has 11 heteroatoms. The monoisotopic (exact) mass is 475 g/mol. The summed E-state index contributed by atoms with van der Waals surface area (Å²) in [6.45, 7) is 0.685. The van der Waals surface area contributed by atoms with Crippen molar-refractivity contribution in [1.29, 1.82) is 0 Å². The fourth-order valence-corrected chi connectivity index (χ4v) is 5.20. The summed E-state index contributed by atoms with van der Waals surface area (Å²) in [6, 6.07) is 4.17. The number of nitrogens with zero attached hydrogens (tertiary/aromatic N) is 3. The van der Waals surface area contributed by atoms with Crippen molar-refractivity contribution in [3.63, 3.8) is 0 Å². The molecule has 0 radical (unpaired) electrons. The molecule has 1 unspecified atom stereocenters. The summed E-state index contributed by atoms with van der Waals surface area (Å²) in [5.41, 5.74) is -1.24. The van der Waals surface area contributed by atoms with E-state index in [9.17, 15) is 14.4 Å². The van der Waals surface area contributed by atoms with Crippen molar-refractivity contribution in [1.82, 2.24) is 9.47 Å². The SMILES string of the molecule is O=CN1CCN(c2c(F)cc3c(=O)c(OC(=O)O)cn(C4CC4)c3c2F)CC1c1cccs1. The molecule has 1 saturated carbocycles. The standard InChI is InChI=1S/C22H19F2N3O5S/c23-14-8-13-19(27(12-3-4-12)10-16(21(13)29)32-22(30)31)18(24)20(14)25-5-6-26(11-28)15(9-25)17-2-1-7-33-17/h1-2,7-8,10-12,15H,3-6,9H2,(H,30,31). The smallest absolute Gasteiger partial charge is 0.449 e. The van der Waals surface area contributed by atoms with E-state index in [2.05, 4.69) is 4.74 Å². The summed E-state index contributed by atoms with van der Waals surface area (Å²) >= 11 is 1.46. The number of fused-ring (bicyclic) bond motifs is 1. The van der Waals surface area contributed by atoms with Gasteiger partial charge in [0.25, 0.3) is 0 Å². The van der Waals surface area contributed by atoms with E-state index in [0.29, 0.717) is 0 Å². The third kappa shape index (κ3) is 3.71. The predicted molar refractivity (Wildman–Crippen MR) is 117 cm³/mol. The molecule has 33 heavy (non-hydrogen) atoms. The number of amides is 1. The van der Waals surface area contributed by atoms with Crippen LogP contribution in [0.25, 0.3) is 10.9 Å². The molecule has 5 rings (SSSR count). The van der Waals surface area contributed by atoms with Crippen LogP contribution in [0.2, 0.25) is 0 Å². The number of carboxylic acid groups (broad SMARTS) is 1. The molecule has 2 aromatic heterocycles. The average molecular weight is 475 g/mol. The molecule has 1 amide bonds. The third-order valence-electron chi connectivity index (χ3n) is 6.03. The van der Waals surface area contributed by atoms with Gasteiger partial charge in [0.05, 0.1) is 23.1 Å². The Balaban J connectivity index is 1.64. The summed E-state index contributed by atoms with van der Waals surface area (Å²) in [6.07, 6.45) is 1.67. The minimum Gasteiger partial charge on any atom is -0.449 e. The van der Waals surface area contributed by atoms with Gasteiger partial charge >= 0.3 is 6.16 Å². The number of rotatable bonds is 5. The molecule has 2 aliphatic rings. The van der Waals surface area contributed by atoms with Crippen LogP contribution >= 0.6 is 11.3 Å². The summed E-state index contributed by atoms with van der Waals surface area (Å²) in [5, 5.41) is 10.5. The number of aromatic nitrogens is 1. The second-order valence-corrected chi connectivity index (χ2v) is 9.05. The van der Waals surface area contributed by atoms with Gasteiger partial charge in [0.15, 0.2) is 11.6 Å². The summed E-state index contributed by atoms with van der Waals surface area (Å²) in [7, 11) is 0. The van der Waals surface area contributed by atoms with Crippen LogP contribution in [0.5, 0.6) is 5.75 Å². The van der Waals surface area contributed by atoms with Crippen molar-refractivity contribution >= 4 is 40.5 Å². The van der Waals surface area contributed by atoms with Gasteiger partial charge in [0.2, 0.25) is 11.8 Å². The number of hydrogen-bond acceptors (Lipinski definition) is 6. The number of anilines is 1. The van der Waals surface area contributed by atoms with Crippen LogP contribution in [-0.4, -0.2) is 46.8 Å². The van der Waals surface area contributed by atoms with Crippen molar-refractivity contribution < 1.29 is 28.2 Å². The zero-order chi connectivity index (χ0) is 23.3. The Hall–Kier alpha value is -3.47. The summed E-state index contributed by atoms with van der Waals surface area (Å²) < 4.78 is 37.2. The quantitative estimate of drug-likeness (QED) is 0.446. The van der Waals surface area contributed by atoms with Gasteiger partial charge in [-0.15, -0.1) is 11.3 Å². The molecule has 3 aromatic rings. The lowest BCUT2D eigenvalue weighted by molar-refractivity contribution is -0.120. The van der Waals surface area contributed by atoms with E-state index in [-0.39, 0.29) is 48.3 Å². The van der Waals surface area contributed by atoms with Gasteiger partial charge in [0, 0.05) is 30.6 Å². The third-order valence-corrected chi connectivity index (χ3v) is 7.01. The number of ether oxygens (including phenoxy) is 1. The van der Waals surface area contributed by atoms with Gasteiger partial charge in [0.1, 0.15) is 11.5 Å². The largest absolute Gasteiger partial charge is 0.511 e. The highest BCUT2D eigenvalue weighted by atomic mass is 32.1. The lowest BCUT2D eigenvalue weighted by Crippen LogP contribution is -2.48. The molecule has 1 atom stereocenters. The van der Waals surface area contributed by atoms with Crippen LogP contribution in [0.1, 0.15) is 29.8 Å². The number of halogens is 2. The maximum absolute atomic E-state index is 15.9. The second kappa shape index (κ2) is 8.14. The van der Waals surface area contributed by atoms with Crippen LogP contribution in [0, 0.1) is 11.6 Å². The fraction of sp³-hybridized carbons (Fsp3) is 0.318. The highest BCUT2D eigenvalue weighted by Gasteiger charge is 2.34. The zero-order valence-electron chi connectivity index (χ0n) is 17.2. The van der Waals surface area contributed by atoms with Gasteiger partial charge in [-0.3, -0.25) is 9.59 Å². The molecule has 2 fully saturated rings. The first-order valence-corrected chi connectivity index (χ1v) is 11.2. The van der Waals surface area contributed by atoms with Gasteiger partial charge in [-0.05, 0) is 30.4 Å². The number of thiophene rings is 1. The molecule has 0 spiro atoms. The number of carbonyl (C=O) groups is 2. The highest BCUT2D eigenvalue weighted by Crippen LogP contribution is 2.41. The molecule has 1 saturated heterocycles. The topological polar surface area (TPSA) is 92.1 Å². The second-order valence-electron chi connectivity index (χ2n) is 8.07. The predicted octanol–water partition coefficient (Wildman–Crippen LogP) is 3.75. The van der Waals surface area contributed by atoms with E-state index in [1.54, 1.807) is 9.80 Å². The van der Waals surface area contributed by atoms with E-state index in [1.807, 2.05) is 17.5 Å². The normalized spacial score (nSPS) is 18.5. The first-order chi connectivity index (χ1) is 15.9. The molecule has 172 valence electrons. The maximum Gasteiger partial charge on any atom is 0.511 e. The number of hydrogen-bond donors (Lipinski definition) is 1. The Morgan fingerprint density at radius 3 is 2.70 bits per heavy atom. The molecular weight excluding hydrogens is 456 g/mol. The first kappa shape index (κ1) is 21.4. The highest BCUT2D eigenvalue weighted by molar-refractivity contribution is 7.10.